The van der Waals surface area contributed by atoms with E-state index in [2.05, 4.69) is 15.3 Å². The van der Waals surface area contributed by atoms with Crippen LogP contribution in [0.3, 0.4) is 0 Å². The number of hydrogen-bond acceptors (Lipinski definition) is 4. The number of carboxylic acids is 1. The van der Waals surface area contributed by atoms with Crippen LogP contribution < -0.4 is 11.1 Å². The van der Waals surface area contributed by atoms with Crippen molar-refractivity contribution in [1.82, 2.24) is 0 Å². The molecule has 0 spiro atoms. The van der Waals surface area contributed by atoms with Gasteiger partial charge >= 0.3 is 5.97 Å². The van der Waals surface area contributed by atoms with Crippen LogP contribution in [0.2, 0.25) is 0 Å². The second-order valence-electron chi connectivity index (χ2n) is 7.16. The zero-order chi connectivity index (χ0) is 23.5. The highest BCUT2D eigenvalue weighted by molar-refractivity contribution is 6.06. The van der Waals surface area contributed by atoms with Gasteiger partial charge in [0.25, 0.3) is 5.91 Å². The molecule has 166 valence electrons. The summed E-state index contributed by atoms with van der Waals surface area (Å²) >= 11 is 0. The minimum Gasteiger partial charge on any atom is -0.481 e. The summed E-state index contributed by atoms with van der Waals surface area (Å²) in [5, 5.41) is 13.6. The number of carbonyl (C=O) groups excluding carboxylic acids is 1. The van der Waals surface area contributed by atoms with Crippen LogP contribution in [0.1, 0.15) is 22.3 Å². The van der Waals surface area contributed by atoms with Crippen molar-refractivity contribution in [2.45, 2.75) is 13.0 Å². The predicted octanol–water partition coefficient (Wildman–Crippen LogP) is 4.56. The third-order valence-electron chi connectivity index (χ3n) is 4.59. The van der Waals surface area contributed by atoms with Crippen molar-refractivity contribution < 1.29 is 14.7 Å². The smallest absolute Gasteiger partial charge is 0.309 e. The maximum absolute atomic E-state index is 12.6. The van der Waals surface area contributed by atoms with Crippen molar-refractivity contribution in [1.29, 1.82) is 0 Å². The largest absolute Gasteiger partial charge is 0.481 e. The van der Waals surface area contributed by atoms with Crippen LogP contribution in [0.4, 0.5) is 5.69 Å². The summed E-state index contributed by atoms with van der Waals surface area (Å²) in [6, 6.07) is 21.0. The van der Waals surface area contributed by atoms with Crippen LogP contribution in [0.5, 0.6) is 0 Å². The van der Waals surface area contributed by atoms with Crippen LogP contribution in [-0.4, -0.2) is 29.5 Å². The van der Waals surface area contributed by atoms with Gasteiger partial charge in [-0.05, 0) is 52.8 Å². The van der Waals surface area contributed by atoms with E-state index in [1.165, 1.54) is 18.6 Å². The van der Waals surface area contributed by atoms with Crippen molar-refractivity contribution in [2.75, 3.05) is 5.32 Å². The first-order valence-electron chi connectivity index (χ1n) is 10.2. The van der Waals surface area contributed by atoms with E-state index in [9.17, 15) is 9.59 Å². The number of benzene rings is 3. The molecule has 0 radical (unpaired) electrons. The topological polar surface area (TPSA) is 117 Å². The number of aliphatic imine (C=N–C) groups is 2. The summed E-state index contributed by atoms with van der Waals surface area (Å²) in [5.74, 6) is -1.13. The second-order valence-corrected chi connectivity index (χ2v) is 7.16. The van der Waals surface area contributed by atoms with Gasteiger partial charge in [0, 0.05) is 23.2 Å². The molecule has 0 aliphatic rings. The number of fused-ring (bicyclic) bond motifs is 1. The Morgan fingerprint density at radius 2 is 1.73 bits per heavy atom. The van der Waals surface area contributed by atoms with Crippen LogP contribution in [-0.2, 0) is 11.3 Å². The third-order valence-corrected chi connectivity index (χ3v) is 4.59. The summed E-state index contributed by atoms with van der Waals surface area (Å²) in [6.45, 7) is 0.450. The maximum Gasteiger partial charge on any atom is 0.309 e. The zero-order valence-electron chi connectivity index (χ0n) is 17.9. The van der Waals surface area contributed by atoms with Gasteiger partial charge in [-0.15, -0.1) is 0 Å². The fraction of sp³-hybridized carbons (Fsp3) is 0.0769. The van der Waals surface area contributed by atoms with Gasteiger partial charge in [0.15, 0.2) is 0 Å². The Balaban J connectivity index is 1.47. The molecule has 0 heterocycles. The van der Waals surface area contributed by atoms with Crippen molar-refractivity contribution in [2.24, 2.45) is 15.7 Å². The number of amides is 1. The molecule has 7 nitrogen and oxygen atoms in total. The van der Waals surface area contributed by atoms with Crippen LogP contribution in [0.25, 0.3) is 10.8 Å². The van der Waals surface area contributed by atoms with E-state index in [-0.39, 0.29) is 18.0 Å². The molecule has 0 aliphatic heterocycles. The number of carbonyl (C=O) groups is 2. The van der Waals surface area contributed by atoms with Gasteiger partial charge in [-0.2, -0.15) is 0 Å². The molecule has 0 bridgehead atoms. The third kappa shape index (κ3) is 7.59. The standard InChI is InChI=1S/C26H24N4O3/c27-23(16-25(31)32)7-3-4-14-28-18-29-17-19-8-12-24(13-9-19)30-26(33)22-11-10-20-5-1-2-6-21(20)15-22/h1-15,18H,16-17,27H2,(H,30,33)(H,31,32). The number of anilines is 1. The highest BCUT2D eigenvalue weighted by Gasteiger charge is 2.07. The molecule has 0 unspecified atom stereocenters. The van der Waals surface area contributed by atoms with Gasteiger partial charge in [0.1, 0.15) is 6.34 Å². The molecule has 3 rings (SSSR count). The Kier molecular flexibility index (Phi) is 8.25. The molecule has 0 saturated heterocycles. The molecular weight excluding hydrogens is 416 g/mol. The van der Waals surface area contributed by atoms with E-state index in [1.807, 2.05) is 66.7 Å². The van der Waals surface area contributed by atoms with Gasteiger partial charge in [0.05, 0.1) is 13.0 Å². The van der Waals surface area contributed by atoms with Crippen molar-refractivity contribution in [3.63, 3.8) is 0 Å². The van der Waals surface area contributed by atoms with Gasteiger partial charge in [0.2, 0.25) is 0 Å². The lowest BCUT2D eigenvalue weighted by atomic mass is 10.1. The SMILES string of the molecule is NC(=CC=CC=NC=NCc1ccc(NC(=O)c2ccc3ccccc3c2)cc1)CC(=O)O. The first kappa shape index (κ1) is 23.1. The minimum atomic E-state index is -0.974. The fourth-order valence-corrected chi connectivity index (χ4v) is 2.97. The molecule has 0 fully saturated rings. The lowest BCUT2D eigenvalue weighted by Crippen LogP contribution is -2.11. The van der Waals surface area contributed by atoms with E-state index in [0.29, 0.717) is 17.8 Å². The van der Waals surface area contributed by atoms with E-state index in [4.69, 9.17) is 10.8 Å². The molecule has 3 aromatic carbocycles. The van der Waals surface area contributed by atoms with Crippen LogP contribution in [0.15, 0.2) is 101 Å². The first-order chi connectivity index (χ1) is 16.0. The molecule has 1 amide bonds. The van der Waals surface area contributed by atoms with Gasteiger partial charge in [-0.1, -0.05) is 48.5 Å². The number of carboxylic acid groups (broad SMARTS) is 1. The maximum atomic E-state index is 12.6. The summed E-state index contributed by atoms with van der Waals surface area (Å²) in [6.07, 6.45) is 7.52. The Morgan fingerprint density at radius 1 is 0.970 bits per heavy atom. The Bertz CT molecular complexity index is 1240. The second kappa shape index (κ2) is 11.8. The van der Waals surface area contributed by atoms with Crippen molar-refractivity contribution in [3.8, 4) is 0 Å². The summed E-state index contributed by atoms with van der Waals surface area (Å²) < 4.78 is 0. The van der Waals surface area contributed by atoms with E-state index < -0.39 is 5.97 Å². The average molecular weight is 441 g/mol. The number of nitrogens with one attached hydrogen (secondary N) is 1. The number of aliphatic carboxylic acids is 1. The van der Waals surface area contributed by atoms with Gasteiger partial charge < -0.3 is 16.2 Å². The van der Waals surface area contributed by atoms with Crippen molar-refractivity contribution in [3.05, 3.63) is 102 Å². The molecule has 33 heavy (non-hydrogen) atoms. The molecule has 7 heteroatoms. The summed E-state index contributed by atoms with van der Waals surface area (Å²) in [4.78, 5) is 31.3. The van der Waals surface area contributed by atoms with E-state index in [0.717, 1.165) is 16.3 Å². The van der Waals surface area contributed by atoms with E-state index >= 15 is 0 Å². The monoisotopic (exact) mass is 440 g/mol. The van der Waals surface area contributed by atoms with E-state index in [1.54, 1.807) is 12.2 Å². The molecule has 4 N–H and O–H groups in total. The molecule has 3 aromatic rings. The number of nitrogens with two attached hydrogens (primary N) is 1. The zero-order valence-corrected chi connectivity index (χ0v) is 17.9. The lowest BCUT2D eigenvalue weighted by molar-refractivity contribution is -0.136. The molecule has 0 saturated carbocycles. The summed E-state index contributed by atoms with van der Waals surface area (Å²) in [7, 11) is 0. The lowest BCUT2D eigenvalue weighted by Gasteiger charge is -2.07. The normalized spacial score (nSPS) is 12.2. The number of rotatable bonds is 9. The minimum absolute atomic E-state index is 0.159. The van der Waals surface area contributed by atoms with Crippen LogP contribution in [0, 0.1) is 0 Å². The molecular formula is C26H24N4O3. The Morgan fingerprint density at radius 3 is 2.48 bits per heavy atom. The highest BCUT2D eigenvalue weighted by Crippen LogP contribution is 2.17. The van der Waals surface area contributed by atoms with Crippen LogP contribution >= 0.6 is 0 Å². The van der Waals surface area contributed by atoms with Gasteiger partial charge in [-0.25, -0.2) is 4.99 Å². The average Bonchev–Trinajstić information content (AvgIpc) is 2.81. The molecule has 0 aromatic heterocycles. The molecule has 0 atom stereocenters. The van der Waals surface area contributed by atoms with Gasteiger partial charge in [-0.3, -0.25) is 14.6 Å². The Labute approximate surface area is 191 Å². The molecule has 0 aliphatic carbocycles. The highest BCUT2D eigenvalue weighted by atomic mass is 16.4. The van der Waals surface area contributed by atoms with Crippen molar-refractivity contribution >= 4 is 40.9 Å². The fourth-order valence-electron chi connectivity index (χ4n) is 2.97. The number of nitrogens with zero attached hydrogens (tertiary/aromatic N) is 2. The summed E-state index contributed by atoms with van der Waals surface area (Å²) in [5.41, 5.74) is 8.08. The Hall–Kier alpha value is -4.52. The predicted molar refractivity (Wildman–Crippen MR) is 133 cm³/mol. The number of allylic oxidation sites excluding steroid dienone is 3. The first-order valence-corrected chi connectivity index (χ1v) is 10.2. The number of hydrogen-bond donors (Lipinski definition) is 3. The quantitative estimate of drug-likeness (QED) is 0.257.